The molecule has 0 aromatic carbocycles. The van der Waals surface area contributed by atoms with Gasteiger partial charge in [0.05, 0.1) is 6.54 Å². The highest BCUT2D eigenvalue weighted by atomic mass is 16.2. The van der Waals surface area contributed by atoms with E-state index in [9.17, 15) is 4.79 Å². The maximum absolute atomic E-state index is 11.7. The topological polar surface area (TPSA) is 59.0 Å². The Morgan fingerprint density at radius 2 is 2.22 bits per heavy atom. The van der Waals surface area contributed by atoms with Crippen LogP contribution in [0.4, 0.5) is 0 Å². The van der Waals surface area contributed by atoms with E-state index in [1.807, 2.05) is 10.8 Å². The van der Waals surface area contributed by atoms with Gasteiger partial charge < -0.3 is 15.2 Å². The van der Waals surface area contributed by atoms with Gasteiger partial charge >= 0.3 is 0 Å². The molecule has 5 heteroatoms. The normalized spacial score (nSPS) is 15.7. The van der Waals surface area contributed by atoms with E-state index in [1.165, 1.54) is 0 Å². The Kier molecular flexibility index (Phi) is 3.71. The number of rotatable bonds is 5. The van der Waals surface area contributed by atoms with Crippen molar-refractivity contribution in [1.29, 1.82) is 0 Å². The van der Waals surface area contributed by atoms with Crippen molar-refractivity contribution < 1.29 is 4.79 Å². The summed E-state index contributed by atoms with van der Waals surface area (Å²) < 4.78 is 1.90. The number of aromatic nitrogens is 2. The predicted octanol–water partition coefficient (Wildman–Crippen LogP) is 1.05. The molecule has 100 valence electrons. The third kappa shape index (κ3) is 4.14. The van der Waals surface area contributed by atoms with E-state index in [0.29, 0.717) is 19.1 Å². The Morgan fingerprint density at radius 3 is 2.83 bits per heavy atom. The molecule has 1 fully saturated rings. The van der Waals surface area contributed by atoms with Gasteiger partial charge in [-0.15, -0.1) is 0 Å². The molecule has 0 unspecified atom stereocenters. The first-order valence-electron chi connectivity index (χ1n) is 6.48. The van der Waals surface area contributed by atoms with Gasteiger partial charge in [0.1, 0.15) is 12.4 Å². The Hall–Kier alpha value is -1.36. The largest absolute Gasteiger partial charge is 0.352 e. The molecule has 0 aliphatic heterocycles. The van der Waals surface area contributed by atoms with Crippen LogP contribution < -0.4 is 10.6 Å². The van der Waals surface area contributed by atoms with Crippen LogP contribution in [-0.2, 0) is 17.9 Å². The van der Waals surface area contributed by atoms with Crippen molar-refractivity contribution in [1.82, 2.24) is 20.2 Å². The predicted molar refractivity (Wildman–Crippen MR) is 70.0 cm³/mol. The molecule has 2 N–H and O–H groups in total. The molecule has 1 aliphatic rings. The van der Waals surface area contributed by atoms with Crippen LogP contribution in [0.25, 0.3) is 0 Å². The van der Waals surface area contributed by atoms with Crippen molar-refractivity contribution in [2.24, 2.45) is 0 Å². The average Bonchev–Trinajstić information content (AvgIpc) is 2.93. The zero-order valence-corrected chi connectivity index (χ0v) is 11.4. The fraction of sp³-hybridized carbons (Fsp3) is 0.692. The smallest absolute Gasteiger partial charge is 0.240 e. The Labute approximate surface area is 108 Å². The van der Waals surface area contributed by atoms with Gasteiger partial charge in [0.15, 0.2) is 0 Å². The van der Waals surface area contributed by atoms with Gasteiger partial charge in [-0.05, 0) is 33.6 Å². The second kappa shape index (κ2) is 5.10. The van der Waals surface area contributed by atoms with Gasteiger partial charge in [0, 0.05) is 24.0 Å². The third-order valence-electron chi connectivity index (χ3n) is 2.83. The summed E-state index contributed by atoms with van der Waals surface area (Å²) in [6, 6.07) is 0.414. The molecule has 0 saturated heterocycles. The van der Waals surface area contributed by atoms with E-state index in [4.69, 9.17) is 0 Å². The summed E-state index contributed by atoms with van der Waals surface area (Å²) in [5, 5.41) is 6.36. The van der Waals surface area contributed by atoms with Crippen molar-refractivity contribution in [3.8, 4) is 0 Å². The van der Waals surface area contributed by atoms with E-state index in [-0.39, 0.29) is 11.4 Å². The lowest BCUT2D eigenvalue weighted by Gasteiger charge is -2.20. The zero-order valence-electron chi connectivity index (χ0n) is 11.4. The fourth-order valence-electron chi connectivity index (χ4n) is 1.65. The first-order chi connectivity index (χ1) is 8.44. The van der Waals surface area contributed by atoms with Gasteiger partial charge in [-0.2, -0.15) is 0 Å². The molecule has 1 amide bonds. The van der Waals surface area contributed by atoms with Gasteiger partial charge in [-0.1, -0.05) is 0 Å². The van der Waals surface area contributed by atoms with Crippen molar-refractivity contribution in [2.45, 2.75) is 58.3 Å². The molecule has 0 bridgehead atoms. The van der Waals surface area contributed by atoms with Crippen LogP contribution in [0, 0.1) is 0 Å². The number of nitrogens with zero attached hydrogens (tertiary/aromatic N) is 2. The van der Waals surface area contributed by atoms with Crippen molar-refractivity contribution in [2.75, 3.05) is 0 Å². The molecule has 1 aromatic rings. The monoisotopic (exact) mass is 250 g/mol. The summed E-state index contributed by atoms with van der Waals surface area (Å²) in [5.74, 6) is 0.975. The van der Waals surface area contributed by atoms with Crippen molar-refractivity contribution in [3.63, 3.8) is 0 Å². The summed E-state index contributed by atoms with van der Waals surface area (Å²) in [5.41, 5.74) is 0.0487. The molecule has 18 heavy (non-hydrogen) atoms. The van der Waals surface area contributed by atoms with Crippen LogP contribution in [-0.4, -0.2) is 27.0 Å². The van der Waals surface area contributed by atoms with E-state index < -0.39 is 0 Å². The minimum atomic E-state index is 0.0487. The first kappa shape index (κ1) is 13.1. The lowest BCUT2D eigenvalue weighted by molar-refractivity contribution is -0.121. The Bertz CT molecular complexity index is 415. The number of amides is 1. The minimum absolute atomic E-state index is 0.0487. The molecule has 1 aromatic heterocycles. The number of hydrogen-bond donors (Lipinski definition) is 2. The molecular formula is C13H22N4O. The average molecular weight is 250 g/mol. The summed E-state index contributed by atoms with van der Waals surface area (Å²) in [6.45, 7) is 7.37. The van der Waals surface area contributed by atoms with E-state index in [0.717, 1.165) is 18.7 Å². The molecule has 1 saturated carbocycles. The molecule has 2 rings (SSSR count). The molecule has 0 spiro atoms. The van der Waals surface area contributed by atoms with Crippen LogP contribution in [0.15, 0.2) is 12.4 Å². The summed E-state index contributed by atoms with van der Waals surface area (Å²) in [6.07, 6.45) is 5.83. The molecule has 5 nitrogen and oxygen atoms in total. The quantitative estimate of drug-likeness (QED) is 0.821. The maximum atomic E-state index is 11.7. The number of hydrogen-bond acceptors (Lipinski definition) is 3. The summed E-state index contributed by atoms with van der Waals surface area (Å²) in [7, 11) is 0. The highest BCUT2D eigenvalue weighted by molar-refractivity contribution is 5.76. The van der Waals surface area contributed by atoms with Crippen LogP contribution in [0.2, 0.25) is 0 Å². The van der Waals surface area contributed by atoms with Gasteiger partial charge in [0.2, 0.25) is 5.91 Å². The SMILES string of the molecule is CC(C)(C)NCc1nccn1CC(=O)NC1CC1. The Balaban J connectivity index is 1.88. The molecule has 0 atom stereocenters. The van der Waals surface area contributed by atoms with Crippen LogP contribution in [0.3, 0.4) is 0 Å². The van der Waals surface area contributed by atoms with Gasteiger partial charge in [-0.3, -0.25) is 4.79 Å². The minimum Gasteiger partial charge on any atom is -0.352 e. The summed E-state index contributed by atoms with van der Waals surface area (Å²) >= 11 is 0. The number of imidazole rings is 1. The first-order valence-corrected chi connectivity index (χ1v) is 6.48. The number of carbonyl (C=O) groups is 1. The van der Waals surface area contributed by atoms with E-state index in [2.05, 4.69) is 36.4 Å². The third-order valence-corrected chi connectivity index (χ3v) is 2.83. The van der Waals surface area contributed by atoms with Crippen LogP contribution in [0.5, 0.6) is 0 Å². The Morgan fingerprint density at radius 1 is 1.50 bits per heavy atom. The standard InChI is InChI=1S/C13H22N4O/c1-13(2,3)15-8-11-14-6-7-17(11)9-12(18)16-10-4-5-10/h6-7,10,15H,4-5,8-9H2,1-3H3,(H,16,18). The molecule has 1 heterocycles. The zero-order chi connectivity index (χ0) is 13.2. The maximum Gasteiger partial charge on any atom is 0.240 e. The van der Waals surface area contributed by atoms with E-state index >= 15 is 0 Å². The lowest BCUT2D eigenvalue weighted by Crippen LogP contribution is -2.36. The summed E-state index contributed by atoms with van der Waals surface area (Å²) in [4.78, 5) is 16.0. The fourth-order valence-corrected chi connectivity index (χ4v) is 1.65. The van der Waals surface area contributed by atoms with Gasteiger partial charge in [-0.25, -0.2) is 4.98 Å². The molecule has 0 radical (unpaired) electrons. The highest BCUT2D eigenvalue weighted by Crippen LogP contribution is 2.18. The number of nitrogens with one attached hydrogen (secondary N) is 2. The second-order valence-corrected chi connectivity index (χ2v) is 5.92. The van der Waals surface area contributed by atoms with Crippen molar-refractivity contribution in [3.05, 3.63) is 18.2 Å². The highest BCUT2D eigenvalue weighted by Gasteiger charge is 2.23. The molecular weight excluding hydrogens is 228 g/mol. The second-order valence-electron chi connectivity index (χ2n) is 5.92. The lowest BCUT2D eigenvalue weighted by atomic mass is 10.1. The van der Waals surface area contributed by atoms with E-state index in [1.54, 1.807) is 6.20 Å². The van der Waals surface area contributed by atoms with Crippen LogP contribution in [0.1, 0.15) is 39.4 Å². The number of carbonyl (C=O) groups excluding carboxylic acids is 1. The van der Waals surface area contributed by atoms with Gasteiger partial charge in [0.25, 0.3) is 0 Å². The van der Waals surface area contributed by atoms with Crippen LogP contribution >= 0.6 is 0 Å². The molecule has 1 aliphatic carbocycles. The van der Waals surface area contributed by atoms with Crippen molar-refractivity contribution >= 4 is 5.91 Å².